The van der Waals surface area contributed by atoms with Gasteiger partial charge in [0, 0.05) is 13.1 Å². The number of phenolic OH excluding ortho intramolecular Hbond substituents is 1. The van der Waals surface area contributed by atoms with Gasteiger partial charge in [0.1, 0.15) is 11.8 Å². The number of benzene rings is 2. The van der Waals surface area contributed by atoms with E-state index in [0.717, 1.165) is 12.8 Å². The van der Waals surface area contributed by atoms with Crippen LogP contribution in [0.3, 0.4) is 0 Å². The number of sulfonamides is 1. The van der Waals surface area contributed by atoms with Crippen molar-refractivity contribution in [1.82, 2.24) is 9.62 Å². The number of phenols is 1. The molecule has 0 bridgehead atoms. The summed E-state index contributed by atoms with van der Waals surface area (Å²) >= 11 is 0. The Bertz CT molecular complexity index is 954. The quantitative estimate of drug-likeness (QED) is 0.548. The molecule has 1 amide bonds. The highest BCUT2D eigenvalue weighted by atomic mass is 32.2. The highest BCUT2D eigenvalue weighted by Crippen LogP contribution is 2.15. The fraction of sp³-hybridized carbons (Fsp3) is 0.300. The van der Waals surface area contributed by atoms with E-state index in [0.29, 0.717) is 18.7 Å². The molecule has 2 aromatic carbocycles. The predicted octanol–water partition coefficient (Wildman–Crippen LogP) is 2.04. The normalized spacial score (nSPS) is 15.1. The van der Waals surface area contributed by atoms with Crippen molar-refractivity contribution >= 4 is 22.1 Å². The number of aromatic hydroxyl groups is 1. The largest absolute Gasteiger partial charge is 0.508 e. The zero-order chi connectivity index (χ0) is 20.9. The number of ether oxygens (including phenoxy) is 1. The average Bonchev–Trinajstić information content (AvgIpc) is 3.25. The van der Waals surface area contributed by atoms with Crippen LogP contribution in [0.15, 0.2) is 59.5 Å². The van der Waals surface area contributed by atoms with E-state index < -0.39 is 28.1 Å². The predicted molar refractivity (Wildman–Crippen MR) is 105 cm³/mol. The van der Waals surface area contributed by atoms with Gasteiger partial charge in [0.2, 0.25) is 10.0 Å². The summed E-state index contributed by atoms with van der Waals surface area (Å²) in [7, 11) is -4.01. The van der Waals surface area contributed by atoms with Crippen LogP contribution < -0.4 is 4.72 Å². The Balaban J connectivity index is 1.79. The van der Waals surface area contributed by atoms with Gasteiger partial charge >= 0.3 is 12.1 Å². The number of esters is 1. The number of carbonyl (C=O) groups excluding carboxylic acids is 2. The molecule has 0 radical (unpaired) electrons. The Morgan fingerprint density at radius 2 is 1.66 bits per heavy atom. The first-order chi connectivity index (χ1) is 13.8. The van der Waals surface area contributed by atoms with Crippen molar-refractivity contribution in [1.29, 1.82) is 0 Å². The fourth-order valence-corrected chi connectivity index (χ4v) is 4.22. The number of nitrogens with zero attached hydrogens (tertiary/aromatic N) is 1. The second-order valence-electron chi connectivity index (χ2n) is 6.74. The van der Waals surface area contributed by atoms with E-state index in [1.807, 2.05) is 0 Å². The summed E-state index contributed by atoms with van der Waals surface area (Å²) in [6.07, 6.45) is 0.849. The Hall–Kier alpha value is -2.91. The molecule has 2 aromatic rings. The van der Waals surface area contributed by atoms with Gasteiger partial charge in [0.05, 0.1) is 4.90 Å². The van der Waals surface area contributed by atoms with Crippen LogP contribution in [0.4, 0.5) is 4.79 Å². The smallest absolute Gasteiger partial charge is 0.417 e. The average molecular weight is 418 g/mol. The van der Waals surface area contributed by atoms with Crippen LogP contribution in [0, 0.1) is 0 Å². The summed E-state index contributed by atoms with van der Waals surface area (Å²) in [5.74, 6) is -0.934. The first kappa shape index (κ1) is 20.8. The summed E-state index contributed by atoms with van der Waals surface area (Å²) in [6, 6.07) is 12.3. The maximum atomic E-state index is 12.7. The van der Waals surface area contributed by atoms with E-state index in [9.17, 15) is 23.1 Å². The van der Waals surface area contributed by atoms with Gasteiger partial charge in [-0.2, -0.15) is 4.72 Å². The lowest BCUT2D eigenvalue weighted by Crippen LogP contribution is -2.45. The second kappa shape index (κ2) is 9.06. The van der Waals surface area contributed by atoms with Crippen molar-refractivity contribution in [3.8, 4) is 5.75 Å². The summed E-state index contributed by atoms with van der Waals surface area (Å²) in [5, 5.41) is 9.42. The van der Waals surface area contributed by atoms with Crippen molar-refractivity contribution in [2.45, 2.75) is 30.2 Å². The number of likely N-dealkylation sites (tertiary alicyclic amines) is 1. The van der Waals surface area contributed by atoms with Gasteiger partial charge in [-0.3, -0.25) is 0 Å². The fourth-order valence-electron chi connectivity index (χ4n) is 3.02. The maximum Gasteiger partial charge on any atom is 0.417 e. The van der Waals surface area contributed by atoms with Gasteiger partial charge in [-0.1, -0.05) is 30.3 Å². The lowest BCUT2D eigenvalue weighted by Gasteiger charge is -2.20. The number of nitrogens with one attached hydrogen (secondary N) is 1. The zero-order valence-electron chi connectivity index (χ0n) is 15.7. The topological polar surface area (TPSA) is 113 Å². The highest BCUT2D eigenvalue weighted by molar-refractivity contribution is 7.89. The summed E-state index contributed by atoms with van der Waals surface area (Å²) in [5.41, 5.74) is 0.592. The molecule has 154 valence electrons. The van der Waals surface area contributed by atoms with Crippen LogP contribution in [-0.2, 0) is 26.0 Å². The highest BCUT2D eigenvalue weighted by Gasteiger charge is 2.31. The van der Waals surface area contributed by atoms with Crippen molar-refractivity contribution in [3.05, 3.63) is 60.2 Å². The van der Waals surface area contributed by atoms with Crippen LogP contribution in [0.25, 0.3) is 0 Å². The number of rotatable bonds is 6. The molecule has 0 unspecified atom stereocenters. The first-order valence-electron chi connectivity index (χ1n) is 9.21. The van der Waals surface area contributed by atoms with Gasteiger partial charge in [0.15, 0.2) is 0 Å². The van der Waals surface area contributed by atoms with E-state index in [1.165, 1.54) is 29.2 Å². The molecule has 9 heteroatoms. The van der Waals surface area contributed by atoms with E-state index in [-0.39, 0.29) is 17.1 Å². The molecule has 0 aromatic heterocycles. The summed E-state index contributed by atoms with van der Waals surface area (Å²) in [4.78, 5) is 26.2. The molecule has 29 heavy (non-hydrogen) atoms. The van der Waals surface area contributed by atoms with E-state index in [2.05, 4.69) is 4.72 Å². The number of amides is 1. The van der Waals surface area contributed by atoms with Crippen molar-refractivity contribution in [3.63, 3.8) is 0 Å². The Morgan fingerprint density at radius 3 is 2.28 bits per heavy atom. The summed E-state index contributed by atoms with van der Waals surface area (Å²) < 4.78 is 32.6. The molecule has 0 spiro atoms. The van der Waals surface area contributed by atoms with Crippen LogP contribution in [0.5, 0.6) is 5.75 Å². The third-order valence-electron chi connectivity index (χ3n) is 4.56. The van der Waals surface area contributed by atoms with Gasteiger partial charge in [-0.05, 0) is 49.1 Å². The lowest BCUT2D eigenvalue weighted by molar-refractivity contribution is -0.140. The molecular weight excluding hydrogens is 396 g/mol. The molecular formula is C20H22N2O6S. The molecule has 3 rings (SSSR count). The second-order valence-corrected chi connectivity index (χ2v) is 8.45. The molecule has 2 N–H and O–H groups in total. The Kier molecular flexibility index (Phi) is 6.50. The van der Waals surface area contributed by atoms with E-state index >= 15 is 0 Å². The number of hydrogen-bond donors (Lipinski definition) is 2. The monoisotopic (exact) mass is 418 g/mol. The lowest BCUT2D eigenvalue weighted by atomic mass is 10.1. The standard InChI is InChI=1S/C20H22N2O6S/c23-16-10-8-15(9-11-16)14-18(19(24)28-20(25)22-12-4-5-13-22)21-29(26,27)17-6-2-1-3-7-17/h1-3,6-11,18,21,23H,4-5,12-14H2/t18-/m0/s1. The van der Waals surface area contributed by atoms with Crippen LogP contribution in [0.2, 0.25) is 0 Å². The molecule has 1 aliphatic heterocycles. The van der Waals surface area contributed by atoms with E-state index in [4.69, 9.17) is 4.74 Å². The molecule has 1 aliphatic rings. The third kappa shape index (κ3) is 5.55. The number of hydrogen-bond acceptors (Lipinski definition) is 6. The molecule has 0 aliphatic carbocycles. The minimum Gasteiger partial charge on any atom is -0.508 e. The third-order valence-corrected chi connectivity index (χ3v) is 6.05. The number of carbonyl (C=O) groups is 2. The van der Waals surface area contributed by atoms with Gasteiger partial charge in [-0.25, -0.2) is 18.0 Å². The summed E-state index contributed by atoms with van der Waals surface area (Å²) in [6.45, 7) is 1.01. The first-order valence-corrected chi connectivity index (χ1v) is 10.7. The van der Waals surface area contributed by atoms with Gasteiger partial charge in [0.25, 0.3) is 0 Å². The zero-order valence-corrected chi connectivity index (χ0v) is 16.5. The van der Waals surface area contributed by atoms with Crippen molar-refractivity contribution < 1.29 is 27.9 Å². The molecule has 1 atom stereocenters. The van der Waals surface area contributed by atoms with Crippen LogP contribution in [-0.4, -0.2) is 49.6 Å². The van der Waals surface area contributed by atoms with Crippen LogP contribution >= 0.6 is 0 Å². The molecule has 1 heterocycles. The van der Waals surface area contributed by atoms with Gasteiger partial charge in [-0.15, -0.1) is 0 Å². The minimum absolute atomic E-state index is 0.00521. The minimum atomic E-state index is -4.01. The van der Waals surface area contributed by atoms with Crippen molar-refractivity contribution in [2.75, 3.05) is 13.1 Å². The van der Waals surface area contributed by atoms with Gasteiger partial charge < -0.3 is 14.7 Å². The van der Waals surface area contributed by atoms with E-state index in [1.54, 1.807) is 30.3 Å². The molecule has 1 saturated heterocycles. The molecule has 0 saturated carbocycles. The Morgan fingerprint density at radius 1 is 1.03 bits per heavy atom. The molecule has 8 nitrogen and oxygen atoms in total. The SMILES string of the molecule is O=C(OC(=O)N1CCCC1)[C@H](Cc1ccc(O)cc1)NS(=O)(=O)c1ccccc1. The Labute approximate surface area is 169 Å². The maximum absolute atomic E-state index is 12.7. The molecule has 1 fully saturated rings. The van der Waals surface area contributed by atoms with Crippen LogP contribution in [0.1, 0.15) is 18.4 Å². The van der Waals surface area contributed by atoms with Crippen molar-refractivity contribution in [2.24, 2.45) is 0 Å².